The van der Waals surface area contributed by atoms with Crippen LogP contribution in [0.25, 0.3) is 22.2 Å². The largest absolute Gasteiger partial charge is 0.354 e. The van der Waals surface area contributed by atoms with E-state index in [1.807, 2.05) is 0 Å². The highest BCUT2D eigenvalue weighted by molar-refractivity contribution is 7.90. The summed E-state index contributed by atoms with van der Waals surface area (Å²) in [5.41, 5.74) is 4.09. The first-order valence-corrected chi connectivity index (χ1v) is 14.4. The van der Waals surface area contributed by atoms with Crippen LogP contribution in [-0.2, 0) is 10.2 Å². The summed E-state index contributed by atoms with van der Waals surface area (Å²) < 4.78 is 74.2. The zero-order valence-electron chi connectivity index (χ0n) is 21.3. The van der Waals surface area contributed by atoms with Crippen LogP contribution in [0.3, 0.4) is 0 Å². The lowest BCUT2D eigenvalue weighted by Gasteiger charge is -2.34. The molecule has 6 rings (SSSR count). The molecule has 1 aromatic carbocycles. The number of pyridine rings is 1. The molecule has 10 nitrogen and oxygen atoms in total. The molecule has 15 heteroatoms. The number of benzene rings is 1. The Bertz CT molecular complexity index is 1610. The van der Waals surface area contributed by atoms with Gasteiger partial charge < -0.3 is 11.1 Å². The predicted octanol–water partition coefficient (Wildman–Crippen LogP) is 3.34. The van der Waals surface area contributed by atoms with Crippen molar-refractivity contribution in [3.8, 4) is 11.1 Å². The Morgan fingerprint density at radius 3 is 2.55 bits per heavy atom. The minimum absolute atomic E-state index is 0. The molecule has 2 aromatic heterocycles. The molecule has 3 heterocycles. The number of halogens is 4. The normalized spacial score (nSPS) is 23.1. The Morgan fingerprint density at radius 1 is 1.15 bits per heavy atom. The molecule has 0 unspecified atom stereocenters. The van der Waals surface area contributed by atoms with Gasteiger partial charge in [0.05, 0.1) is 16.8 Å². The molecule has 3 aliphatic rings. The van der Waals surface area contributed by atoms with E-state index in [0.717, 1.165) is 29.3 Å². The number of rotatable bonds is 8. The second kappa shape index (κ2) is 10.8. The molecule has 2 saturated carbocycles. The van der Waals surface area contributed by atoms with E-state index in [4.69, 9.17) is 5.73 Å². The first-order valence-electron chi connectivity index (χ1n) is 12.9. The molecule has 2 aliphatic carbocycles. The van der Waals surface area contributed by atoms with E-state index in [1.165, 1.54) is 16.8 Å². The quantitative estimate of drug-likeness (QED) is 0.361. The lowest BCUT2D eigenvalue weighted by molar-refractivity contribution is 0.267. The van der Waals surface area contributed by atoms with Gasteiger partial charge in [0, 0.05) is 43.3 Å². The van der Waals surface area contributed by atoms with E-state index < -0.39 is 44.8 Å². The predicted molar refractivity (Wildman–Crippen MR) is 147 cm³/mol. The minimum atomic E-state index is -4.30. The van der Waals surface area contributed by atoms with Crippen LogP contribution in [0.1, 0.15) is 38.1 Å². The number of alkyl halides is 1. The molecule has 216 valence electrons. The third-order valence-electron chi connectivity index (χ3n) is 7.57. The Hall–Kier alpha value is -2.94. The molecule has 1 atom stereocenters. The van der Waals surface area contributed by atoms with Crippen molar-refractivity contribution in [1.82, 2.24) is 18.8 Å². The SMILES string of the molecule is Cl.NC1CC(n2c(=O)c(-c3c(F)ccc(NS(=O)(=O)N4CC[C@@H](F)C4)c3F)cc3cnc(NCC4CC4)nc32)C1. The van der Waals surface area contributed by atoms with Crippen molar-refractivity contribution in [3.05, 3.63) is 46.4 Å². The summed E-state index contributed by atoms with van der Waals surface area (Å²) in [5.74, 6) is -1.38. The summed E-state index contributed by atoms with van der Waals surface area (Å²) in [6, 6.07) is 2.69. The van der Waals surface area contributed by atoms with Crippen molar-refractivity contribution in [2.24, 2.45) is 11.7 Å². The Labute approximate surface area is 234 Å². The highest BCUT2D eigenvalue weighted by Crippen LogP contribution is 2.36. The summed E-state index contributed by atoms with van der Waals surface area (Å²) in [5, 5.41) is 3.56. The van der Waals surface area contributed by atoms with Gasteiger partial charge in [0.1, 0.15) is 17.6 Å². The first-order chi connectivity index (χ1) is 18.6. The van der Waals surface area contributed by atoms with E-state index in [9.17, 15) is 17.6 Å². The summed E-state index contributed by atoms with van der Waals surface area (Å²) >= 11 is 0. The number of anilines is 2. The summed E-state index contributed by atoms with van der Waals surface area (Å²) in [7, 11) is -4.30. The second-order valence-corrected chi connectivity index (χ2v) is 12.2. The third kappa shape index (κ3) is 5.37. The van der Waals surface area contributed by atoms with Gasteiger partial charge >= 0.3 is 10.2 Å². The van der Waals surface area contributed by atoms with Gasteiger partial charge in [-0.25, -0.2) is 18.2 Å². The van der Waals surface area contributed by atoms with Crippen molar-refractivity contribution in [3.63, 3.8) is 0 Å². The van der Waals surface area contributed by atoms with Crippen LogP contribution < -0.4 is 21.3 Å². The zero-order chi connectivity index (χ0) is 27.5. The number of nitrogens with zero attached hydrogens (tertiary/aromatic N) is 4. The van der Waals surface area contributed by atoms with Crippen molar-refractivity contribution >= 4 is 45.3 Å². The number of hydrogen-bond donors (Lipinski definition) is 3. The Morgan fingerprint density at radius 2 is 1.90 bits per heavy atom. The number of nitrogens with two attached hydrogens (primary N) is 1. The van der Waals surface area contributed by atoms with Crippen molar-refractivity contribution < 1.29 is 21.6 Å². The van der Waals surface area contributed by atoms with Gasteiger partial charge in [0.2, 0.25) is 5.95 Å². The lowest BCUT2D eigenvalue weighted by Crippen LogP contribution is -2.42. The van der Waals surface area contributed by atoms with Gasteiger partial charge in [-0.3, -0.25) is 14.1 Å². The van der Waals surface area contributed by atoms with Crippen LogP contribution in [-0.4, -0.2) is 59.1 Å². The molecule has 1 saturated heterocycles. The topological polar surface area (TPSA) is 135 Å². The van der Waals surface area contributed by atoms with Gasteiger partial charge in [-0.1, -0.05) is 0 Å². The third-order valence-corrected chi connectivity index (χ3v) is 9.06. The number of nitrogens with one attached hydrogen (secondary N) is 2. The fourth-order valence-corrected chi connectivity index (χ4v) is 6.38. The Kier molecular flexibility index (Phi) is 7.72. The standard InChI is InChI=1S/C25H28F3N7O3S.ClH/c26-15-5-6-34(12-15)39(37,38)33-20-4-3-19(27)21(22(20)28)18-7-14-11-31-25(30-10-13-1-2-13)32-23(14)35(24(18)36)17-8-16(29)9-17;/h3-4,7,11,13,15-17,33H,1-2,5-6,8-10,12,29H2,(H,30,31,32);1H/t15-,16?,17?;/m1./s1. The van der Waals surface area contributed by atoms with Gasteiger partial charge in [-0.15, -0.1) is 12.4 Å². The molecule has 3 fully saturated rings. The fourth-order valence-electron chi connectivity index (χ4n) is 5.11. The molecular formula is C25H29ClF3N7O3S. The van der Waals surface area contributed by atoms with Crippen molar-refractivity contribution in [2.45, 2.75) is 50.4 Å². The summed E-state index contributed by atoms with van der Waals surface area (Å²) in [4.78, 5) is 22.6. The van der Waals surface area contributed by atoms with Crippen LogP contribution >= 0.6 is 12.4 Å². The zero-order valence-corrected chi connectivity index (χ0v) is 22.9. The van der Waals surface area contributed by atoms with E-state index in [1.54, 1.807) is 0 Å². The maximum Gasteiger partial charge on any atom is 0.301 e. The molecule has 0 radical (unpaired) electrons. The molecule has 1 aliphatic heterocycles. The maximum absolute atomic E-state index is 15.8. The maximum atomic E-state index is 15.8. The van der Waals surface area contributed by atoms with Crippen LogP contribution in [0, 0.1) is 17.6 Å². The molecule has 0 bridgehead atoms. The average molecular weight is 600 g/mol. The molecule has 0 spiro atoms. The molecular weight excluding hydrogens is 571 g/mol. The average Bonchev–Trinajstić information content (AvgIpc) is 3.60. The summed E-state index contributed by atoms with van der Waals surface area (Å²) in [6.45, 7) is 0.286. The summed E-state index contributed by atoms with van der Waals surface area (Å²) in [6.07, 6.45) is 3.44. The van der Waals surface area contributed by atoms with Crippen LogP contribution in [0.5, 0.6) is 0 Å². The smallest absolute Gasteiger partial charge is 0.301 e. The van der Waals surface area contributed by atoms with E-state index in [-0.39, 0.29) is 49.6 Å². The second-order valence-electron chi connectivity index (χ2n) is 10.6. The molecule has 40 heavy (non-hydrogen) atoms. The lowest BCUT2D eigenvalue weighted by atomic mass is 9.87. The minimum Gasteiger partial charge on any atom is -0.354 e. The first kappa shape index (κ1) is 28.6. The van der Waals surface area contributed by atoms with Gasteiger partial charge in [-0.05, 0) is 56.2 Å². The van der Waals surface area contributed by atoms with E-state index in [2.05, 4.69) is 20.0 Å². The van der Waals surface area contributed by atoms with Crippen LogP contribution in [0.15, 0.2) is 29.2 Å². The van der Waals surface area contributed by atoms with Gasteiger partial charge in [-0.2, -0.15) is 17.7 Å². The van der Waals surface area contributed by atoms with E-state index in [0.29, 0.717) is 42.3 Å². The molecule has 0 amide bonds. The van der Waals surface area contributed by atoms with Crippen LogP contribution in [0.2, 0.25) is 0 Å². The van der Waals surface area contributed by atoms with Gasteiger partial charge in [0.25, 0.3) is 5.56 Å². The monoisotopic (exact) mass is 599 g/mol. The fraction of sp³-hybridized carbons (Fsp3) is 0.480. The highest BCUT2D eigenvalue weighted by atomic mass is 35.5. The molecule has 3 aromatic rings. The number of fused-ring (bicyclic) bond motifs is 1. The number of hydrogen-bond acceptors (Lipinski definition) is 7. The van der Waals surface area contributed by atoms with Crippen molar-refractivity contribution in [2.75, 3.05) is 29.7 Å². The van der Waals surface area contributed by atoms with Crippen molar-refractivity contribution in [1.29, 1.82) is 0 Å². The van der Waals surface area contributed by atoms with Gasteiger partial charge in [0.15, 0.2) is 5.82 Å². The van der Waals surface area contributed by atoms with E-state index >= 15 is 8.78 Å². The molecule has 4 N–H and O–H groups in total. The van der Waals surface area contributed by atoms with Crippen LogP contribution in [0.4, 0.5) is 24.8 Å². The Balaban J connectivity index is 0.00000323. The number of aromatic nitrogens is 3. The highest BCUT2D eigenvalue weighted by Gasteiger charge is 2.34.